The molecule has 1 aromatic heterocycles. The van der Waals surface area contributed by atoms with Crippen LogP contribution in [0.2, 0.25) is 0 Å². The highest BCUT2D eigenvalue weighted by atomic mass is 15.2. The summed E-state index contributed by atoms with van der Waals surface area (Å²) in [5.74, 6) is 1.03. The zero-order valence-electron chi connectivity index (χ0n) is 10.8. The van der Waals surface area contributed by atoms with Gasteiger partial charge in [-0.3, -0.25) is 4.98 Å². The average Bonchev–Trinajstić information content (AvgIpc) is 2.76. The van der Waals surface area contributed by atoms with Crippen LogP contribution in [-0.2, 0) is 6.54 Å². The molecule has 0 bridgehead atoms. The second kappa shape index (κ2) is 5.96. The monoisotopic (exact) mass is 234 g/mol. The number of anilines is 1. The maximum Gasteiger partial charge on any atom is 0.147 e. The lowest BCUT2D eigenvalue weighted by atomic mass is 10.2. The second-order valence-electron chi connectivity index (χ2n) is 4.73. The highest BCUT2D eigenvalue weighted by Crippen LogP contribution is 2.22. The van der Waals surface area contributed by atoms with Crippen molar-refractivity contribution in [2.75, 3.05) is 18.0 Å². The molecule has 0 aromatic carbocycles. The summed E-state index contributed by atoms with van der Waals surface area (Å²) in [6.45, 7) is 7.39. The van der Waals surface area contributed by atoms with Crippen molar-refractivity contribution in [3.05, 3.63) is 18.1 Å². The van der Waals surface area contributed by atoms with E-state index >= 15 is 0 Å². The Balaban J connectivity index is 2.00. The molecule has 4 heteroatoms. The Morgan fingerprint density at radius 2 is 2.35 bits per heavy atom. The van der Waals surface area contributed by atoms with Gasteiger partial charge in [0.2, 0.25) is 0 Å². The number of nitrogens with one attached hydrogen (secondary N) is 1. The van der Waals surface area contributed by atoms with Gasteiger partial charge in [-0.15, -0.1) is 0 Å². The van der Waals surface area contributed by atoms with Crippen LogP contribution in [0.4, 0.5) is 5.82 Å². The molecule has 1 N–H and O–H groups in total. The molecule has 2 heterocycles. The quantitative estimate of drug-likeness (QED) is 0.791. The lowest BCUT2D eigenvalue weighted by Crippen LogP contribution is -2.28. The first-order valence-corrected chi connectivity index (χ1v) is 6.59. The Bertz CT molecular complexity index is 353. The first kappa shape index (κ1) is 12.3. The minimum absolute atomic E-state index is 0.600. The molecule has 0 spiro atoms. The van der Waals surface area contributed by atoms with Crippen LogP contribution in [0, 0.1) is 0 Å². The van der Waals surface area contributed by atoms with Crippen LogP contribution in [0.15, 0.2) is 12.4 Å². The Kier molecular flexibility index (Phi) is 4.31. The van der Waals surface area contributed by atoms with Gasteiger partial charge in [0.15, 0.2) is 0 Å². The SMILES string of the molecule is CCCNCc1cncc(N2CCCC2C)n1. The van der Waals surface area contributed by atoms with Crippen molar-refractivity contribution >= 4 is 5.82 Å². The Morgan fingerprint density at radius 3 is 3.06 bits per heavy atom. The average molecular weight is 234 g/mol. The normalized spacial score (nSPS) is 19.9. The van der Waals surface area contributed by atoms with Gasteiger partial charge in [0.1, 0.15) is 5.82 Å². The minimum atomic E-state index is 0.600. The van der Waals surface area contributed by atoms with Crippen molar-refractivity contribution in [2.24, 2.45) is 0 Å². The fraction of sp³-hybridized carbons (Fsp3) is 0.692. The van der Waals surface area contributed by atoms with E-state index in [0.29, 0.717) is 6.04 Å². The summed E-state index contributed by atoms with van der Waals surface area (Å²) < 4.78 is 0. The number of rotatable bonds is 5. The Morgan fingerprint density at radius 1 is 1.47 bits per heavy atom. The van der Waals surface area contributed by atoms with Crippen molar-refractivity contribution < 1.29 is 0 Å². The molecule has 0 amide bonds. The van der Waals surface area contributed by atoms with E-state index in [2.05, 4.69) is 34.0 Å². The summed E-state index contributed by atoms with van der Waals surface area (Å²) in [7, 11) is 0. The molecule has 0 aliphatic carbocycles. The Hall–Kier alpha value is -1.16. The van der Waals surface area contributed by atoms with E-state index in [9.17, 15) is 0 Å². The van der Waals surface area contributed by atoms with Crippen LogP contribution in [0.5, 0.6) is 0 Å². The largest absolute Gasteiger partial charge is 0.353 e. The van der Waals surface area contributed by atoms with E-state index < -0.39 is 0 Å². The first-order valence-electron chi connectivity index (χ1n) is 6.59. The molecular formula is C13H22N4. The Labute approximate surface area is 103 Å². The van der Waals surface area contributed by atoms with Crippen molar-refractivity contribution in [1.82, 2.24) is 15.3 Å². The lowest BCUT2D eigenvalue weighted by Gasteiger charge is -2.22. The molecule has 4 nitrogen and oxygen atoms in total. The van der Waals surface area contributed by atoms with E-state index in [1.165, 1.54) is 12.8 Å². The van der Waals surface area contributed by atoms with Crippen LogP contribution in [0.25, 0.3) is 0 Å². The minimum Gasteiger partial charge on any atom is -0.353 e. The van der Waals surface area contributed by atoms with Crippen molar-refractivity contribution in [2.45, 2.75) is 45.7 Å². The molecule has 1 fully saturated rings. The third-order valence-corrected chi connectivity index (χ3v) is 3.25. The van der Waals surface area contributed by atoms with Crippen molar-refractivity contribution in [1.29, 1.82) is 0 Å². The fourth-order valence-corrected chi connectivity index (χ4v) is 2.29. The first-order chi connectivity index (χ1) is 8.31. The van der Waals surface area contributed by atoms with Gasteiger partial charge in [-0.05, 0) is 32.7 Å². The zero-order chi connectivity index (χ0) is 12.1. The maximum absolute atomic E-state index is 4.68. The van der Waals surface area contributed by atoms with E-state index in [1.807, 2.05) is 12.4 Å². The van der Waals surface area contributed by atoms with E-state index in [0.717, 1.165) is 37.6 Å². The molecular weight excluding hydrogens is 212 g/mol. The molecule has 0 saturated carbocycles. The predicted octanol–water partition coefficient (Wildman–Crippen LogP) is 1.96. The summed E-state index contributed by atoms with van der Waals surface area (Å²) in [6.07, 6.45) is 7.41. The van der Waals surface area contributed by atoms with E-state index in [-0.39, 0.29) is 0 Å². The number of hydrogen-bond donors (Lipinski definition) is 1. The predicted molar refractivity (Wildman–Crippen MR) is 70.1 cm³/mol. The van der Waals surface area contributed by atoms with Crippen LogP contribution in [0.1, 0.15) is 38.8 Å². The molecule has 1 aliphatic rings. The number of nitrogens with zero attached hydrogens (tertiary/aromatic N) is 3. The number of aromatic nitrogens is 2. The van der Waals surface area contributed by atoms with E-state index in [4.69, 9.17) is 0 Å². The van der Waals surface area contributed by atoms with Crippen molar-refractivity contribution in [3.63, 3.8) is 0 Å². The molecule has 2 rings (SSSR count). The molecule has 1 saturated heterocycles. The van der Waals surface area contributed by atoms with Gasteiger partial charge in [0.05, 0.1) is 11.9 Å². The van der Waals surface area contributed by atoms with Gasteiger partial charge in [-0.1, -0.05) is 6.92 Å². The van der Waals surface area contributed by atoms with Gasteiger partial charge in [0, 0.05) is 25.3 Å². The molecule has 1 aromatic rings. The molecule has 17 heavy (non-hydrogen) atoms. The maximum atomic E-state index is 4.68. The topological polar surface area (TPSA) is 41.1 Å². The fourth-order valence-electron chi connectivity index (χ4n) is 2.29. The standard InChI is InChI=1S/C13H22N4/c1-3-6-14-8-12-9-15-10-13(16-12)17-7-4-5-11(17)2/h9-11,14H,3-8H2,1-2H3. The third kappa shape index (κ3) is 3.16. The van der Waals surface area contributed by atoms with Gasteiger partial charge >= 0.3 is 0 Å². The highest BCUT2D eigenvalue weighted by molar-refractivity contribution is 5.38. The molecule has 0 radical (unpaired) electrons. The van der Waals surface area contributed by atoms with Gasteiger partial charge in [-0.2, -0.15) is 0 Å². The van der Waals surface area contributed by atoms with Crippen LogP contribution in [0.3, 0.4) is 0 Å². The van der Waals surface area contributed by atoms with Crippen LogP contribution >= 0.6 is 0 Å². The summed E-state index contributed by atoms with van der Waals surface area (Å²) in [6, 6.07) is 0.600. The third-order valence-electron chi connectivity index (χ3n) is 3.25. The van der Waals surface area contributed by atoms with Gasteiger partial charge in [-0.25, -0.2) is 4.98 Å². The summed E-state index contributed by atoms with van der Waals surface area (Å²) >= 11 is 0. The lowest BCUT2D eigenvalue weighted by molar-refractivity contribution is 0.658. The van der Waals surface area contributed by atoms with Crippen LogP contribution in [-0.4, -0.2) is 29.1 Å². The smallest absolute Gasteiger partial charge is 0.147 e. The number of hydrogen-bond acceptors (Lipinski definition) is 4. The summed E-state index contributed by atoms with van der Waals surface area (Å²) in [5.41, 5.74) is 1.04. The summed E-state index contributed by atoms with van der Waals surface area (Å²) in [4.78, 5) is 11.3. The van der Waals surface area contributed by atoms with Gasteiger partial charge in [0.25, 0.3) is 0 Å². The zero-order valence-corrected chi connectivity index (χ0v) is 10.8. The van der Waals surface area contributed by atoms with Crippen LogP contribution < -0.4 is 10.2 Å². The summed E-state index contributed by atoms with van der Waals surface area (Å²) in [5, 5.41) is 3.36. The molecule has 1 aliphatic heterocycles. The molecule has 94 valence electrons. The molecule has 1 unspecified atom stereocenters. The van der Waals surface area contributed by atoms with E-state index in [1.54, 1.807) is 0 Å². The van der Waals surface area contributed by atoms with Crippen molar-refractivity contribution in [3.8, 4) is 0 Å². The highest BCUT2D eigenvalue weighted by Gasteiger charge is 2.21. The molecule has 1 atom stereocenters. The second-order valence-corrected chi connectivity index (χ2v) is 4.73. The van der Waals surface area contributed by atoms with Gasteiger partial charge < -0.3 is 10.2 Å².